The standard InChI is InChI=1S/C18H22ClN5O/c1-25-18-8-17(21-12-22-18)24(14-3-4-14)15-6-7-23(11-15)10-13-2-5-16(19)20-9-13/h2,5,8-9,12,14-15H,3-4,6-7,10-11H2,1H3. The Morgan fingerprint density at radius 2 is 2.08 bits per heavy atom. The van der Waals surface area contributed by atoms with E-state index in [4.69, 9.17) is 16.3 Å². The molecule has 6 nitrogen and oxygen atoms in total. The van der Waals surface area contributed by atoms with Crippen LogP contribution in [0.5, 0.6) is 5.88 Å². The first-order valence-electron chi connectivity index (χ1n) is 8.70. The van der Waals surface area contributed by atoms with E-state index in [9.17, 15) is 0 Å². The number of rotatable bonds is 6. The van der Waals surface area contributed by atoms with Crippen molar-refractivity contribution in [3.63, 3.8) is 0 Å². The summed E-state index contributed by atoms with van der Waals surface area (Å²) in [5, 5.41) is 0.542. The molecule has 25 heavy (non-hydrogen) atoms. The molecule has 0 amide bonds. The van der Waals surface area contributed by atoms with Gasteiger partial charge in [-0.3, -0.25) is 4.90 Å². The lowest BCUT2D eigenvalue weighted by Crippen LogP contribution is -2.39. The van der Waals surface area contributed by atoms with Gasteiger partial charge in [0.15, 0.2) is 0 Å². The molecule has 2 aromatic heterocycles. The zero-order valence-corrected chi connectivity index (χ0v) is 15.1. The fourth-order valence-electron chi connectivity index (χ4n) is 3.55. The molecular formula is C18H22ClN5O. The molecule has 0 N–H and O–H groups in total. The number of anilines is 1. The van der Waals surface area contributed by atoms with Gasteiger partial charge in [-0.2, -0.15) is 0 Å². The summed E-state index contributed by atoms with van der Waals surface area (Å²) in [6, 6.07) is 6.93. The average molecular weight is 360 g/mol. The van der Waals surface area contributed by atoms with E-state index in [-0.39, 0.29) is 0 Å². The van der Waals surface area contributed by atoms with Gasteiger partial charge in [0.25, 0.3) is 0 Å². The summed E-state index contributed by atoms with van der Waals surface area (Å²) >= 11 is 5.87. The third-order valence-electron chi connectivity index (χ3n) is 4.88. The Morgan fingerprint density at radius 3 is 2.80 bits per heavy atom. The molecule has 2 fully saturated rings. The van der Waals surface area contributed by atoms with Crippen molar-refractivity contribution in [3.8, 4) is 5.88 Å². The molecule has 3 heterocycles. The van der Waals surface area contributed by atoms with E-state index in [1.165, 1.54) is 18.4 Å². The van der Waals surface area contributed by atoms with Crippen LogP contribution < -0.4 is 9.64 Å². The molecule has 1 unspecified atom stereocenters. The van der Waals surface area contributed by atoms with Crippen LogP contribution in [-0.2, 0) is 6.54 Å². The molecule has 1 saturated carbocycles. The number of pyridine rings is 1. The lowest BCUT2D eigenvalue weighted by atomic mass is 10.2. The van der Waals surface area contributed by atoms with Gasteiger partial charge in [0.2, 0.25) is 5.88 Å². The number of aromatic nitrogens is 3. The van der Waals surface area contributed by atoms with E-state index in [1.54, 1.807) is 13.4 Å². The van der Waals surface area contributed by atoms with E-state index >= 15 is 0 Å². The summed E-state index contributed by atoms with van der Waals surface area (Å²) in [7, 11) is 1.64. The zero-order valence-electron chi connectivity index (χ0n) is 14.3. The number of likely N-dealkylation sites (tertiary alicyclic amines) is 1. The molecule has 1 aliphatic heterocycles. The van der Waals surface area contributed by atoms with Crippen LogP contribution in [0, 0.1) is 0 Å². The summed E-state index contributed by atoms with van der Waals surface area (Å²) in [6.45, 7) is 3.02. The first-order valence-corrected chi connectivity index (χ1v) is 9.08. The Balaban J connectivity index is 1.45. The summed E-state index contributed by atoms with van der Waals surface area (Å²) in [6.07, 6.45) is 7.08. The summed E-state index contributed by atoms with van der Waals surface area (Å²) in [5.74, 6) is 1.60. The Kier molecular flexibility index (Phi) is 4.72. The number of hydrogen-bond donors (Lipinski definition) is 0. The molecule has 0 radical (unpaired) electrons. The topological polar surface area (TPSA) is 54.4 Å². The highest BCUT2D eigenvalue weighted by Crippen LogP contribution is 2.35. The van der Waals surface area contributed by atoms with Gasteiger partial charge in [-0.1, -0.05) is 17.7 Å². The minimum Gasteiger partial charge on any atom is -0.481 e. The first kappa shape index (κ1) is 16.5. The van der Waals surface area contributed by atoms with Crippen LogP contribution in [0.15, 0.2) is 30.7 Å². The molecule has 1 saturated heterocycles. The molecule has 2 aliphatic rings. The second kappa shape index (κ2) is 7.14. The molecule has 0 bridgehead atoms. The van der Waals surface area contributed by atoms with Crippen LogP contribution in [0.25, 0.3) is 0 Å². The summed E-state index contributed by atoms with van der Waals surface area (Å²) in [4.78, 5) is 17.8. The highest BCUT2D eigenvalue weighted by molar-refractivity contribution is 6.29. The molecule has 0 spiro atoms. The van der Waals surface area contributed by atoms with E-state index in [1.807, 2.05) is 18.3 Å². The average Bonchev–Trinajstić information content (AvgIpc) is 3.36. The third-order valence-corrected chi connectivity index (χ3v) is 5.10. The van der Waals surface area contributed by atoms with Crippen molar-refractivity contribution in [1.82, 2.24) is 19.9 Å². The second-order valence-corrected chi connectivity index (χ2v) is 7.11. The Hall–Kier alpha value is -1.92. The van der Waals surface area contributed by atoms with Gasteiger partial charge in [0, 0.05) is 44.0 Å². The van der Waals surface area contributed by atoms with Gasteiger partial charge < -0.3 is 9.64 Å². The third kappa shape index (κ3) is 3.85. The van der Waals surface area contributed by atoms with Gasteiger partial charge in [-0.15, -0.1) is 0 Å². The molecule has 7 heteroatoms. The smallest absolute Gasteiger partial charge is 0.218 e. The highest BCUT2D eigenvalue weighted by Gasteiger charge is 2.38. The van der Waals surface area contributed by atoms with E-state index in [2.05, 4.69) is 30.8 Å². The van der Waals surface area contributed by atoms with Crippen molar-refractivity contribution in [2.24, 2.45) is 0 Å². The summed E-state index contributed by atoms with van der Waals surface area (Å²) in [5.41, 5.74) is 1.20. The van der Waals surface area contributed by atoms with Crippen LogP contribution in [-0.4, -0.2) is 52.1 Å². The highest BCUT2D eigenvalue weighted by atomic mass is 35.5. The second-order valence-electron chi connectivity index (χ2n) is 6.72. The fraction of sp³-hybridized carbons (Fsp3) is 0.500. The zero-order chi connectivity index (χ0) is 17.2. The fourth-order valence-corrected chi connectivity index (χ4v) is 3.66. The van der Waals surface area contributed by atoms with Crippen LogP contribution in [0.2, 0.25) is 5.15 Å². The van der Waals surface area contributed by atoms with Crippen LogP contribution in [0.1, 0.15) is 24.8 Å². The molecule has 2 aromatic rings. The molecule has 1 atom stereocenters. The maximum absolute atomic E-state index is 5.87. The van der Waals surface area contributed by atoms with Crippen LogP contribution >= 0.6 is 11.6 Å². The Morgan fingerprint density at radius 1 is 1.20 bits per heavy atom. The van der Waals surface area contributed by atoms with Gasteiger partial charge in [-0.05, 0) is 30.9 Å². The Bertz CT molecular complexity index is 722. The molecule has 0 aromatic carbocycles. The molecule has 132 valence electrons. The van der Waals surface area contributed by atoms with Crippen molar-refractivity contribution in [2.75, 3.05) is 25.1 Å². The SMILES string of the molecule is COc1cc(N(C2CC2)C2CCN(Cc3ccc(Cl)nc3)C2)ncn1. The lowest BCUT2D eigenvalue weighted by molar-refractivity contribution is 0.324. The van der Waals surface area contributed by atoms with E-state index in [0.717, 1.165) is 31.9 Å². The predicted octanol–water partition coefficient (Wildman–Crippen LogP) is 2.78. The van der Waals surface area contributed by atoms with Crippen molar-refractivity contribution >= 4 is 17.4 Å². The lowest BCUT2D eigenvalue weighted by Gasteiger charge is -2.30. The number of ether oxygens (including phenoxy) is 1. The predicted molar refractivity (Wildman–Crippen MR) is 97.0 cm³/mol. The Labute approximate surface area is 152 Å². The first-order chi connectivity index (χ1) is 12.2. The normalized spacial score (nSPS) is 20.6. The van der Waals surface area contributed by atoms with Crippen LogP contribution in [0.4, 0.5) is 5.82 Å². The van der Waals surface area contributed by atoms with Crippen molar-refractivity contribution < 1.29 is 4.74 Å². The number of hydrogen-bond acceptors (Lipinski definition) is 6. The maximum atomic E-state index is 5.87. The van der Waals surface area contributed by atoms with Crippen molar-refractivity contribution in [1.29, 1.82) is 0 Å². The van der Waals surface area contributed by atoms with Crippen LogP contribution in [0.3, 0.4) is 0 Å². The van der Waals surface area contributed by atoms with E-state index in [0.29, 0.717) is 23.1 Å². The largest absolute Gasteiger partial charge is 0.481 e. The van der Waals surface area contributed by atoms with Gasteiger partial charge >= 0.3 is 0 Å². The molecule has 1 aliphatic carbocycles. The van der Waals surface area contributed by atoms with Gasteiger partial charge in [0.05, 0.1) is 7.11 Å². The summed E-state index contributed by atoms with van der Waals surface area (Å²) < 4.78 is 5.27. The van der Waals surface area contributed by atoms with Gasteiger partial charge in [-0.25, -0.2) is 15.0 Å². The molecule has 4 rings (SSSR count). The van der Waals surface area contributed by atoms with E-state index < -0.39 is 0 Å². The number of methoxy groups -OCH3 is 1. The molecular weight excluding hydrogens is 338 g/mol. The minimum absolute atomic E-state index is 0.479. The minimum atomic E-state index is 0.479. The number of halogens is 1. The monoisotopic (exact) mass is 359 g/mol. The van der Waals surface area contributed by atoms with Gasteiger partial charge in [0.1, 0.15) is 17.3 Å². The maximum Gasteiger partial charge on any atom is 0.218 e. The number of nitrogens with zero attached hydrogens (tertiary/aromatic N) is 5. The van der Waals surface area contributed by atoms with Crippen molar-refractivity contribution in [2.45, 2.75) is 37.9 Å². The quantitative estimate of drug-likeness (QED) is 0.739. The van der Waals surface area contributed by atoms with Crippen molar-refractivity contribution in [3.05, 3.63) is 41.4 Å².